The first-order chi connectivity index (χ1) is 11.4. The molecule has 3 rings (SSSR count). The Morgan fingerprint density at radius 2 is 2.17 bits per heavy atom. The number of aryl methyl sites for hydroxylation is 1. The largest absolute Gasteiger partial charge is 0.486 e. The van der Waals surface area contributed by atoms with Crippen molar-refractivity contribution in [2.45, 2.75) is 13.5 Å². The second-order valence-corrected chi connectivity index (χ2v) is 6.15. The van der Waals surface area contributed by atoms with E-state index in [4.69, 9.17) is 33.0 Å². The van der Waals surface area contributed by atoms with Crippen LogP contribution in [0.3, 0.4) is 0 Å². The van der Waals surface area contributed by atoms with Crippen LogP contribution < -0.4 is 10.1 Å². The molecule has 124 valence electrons. The smallest absolute Gasteiger partial charge is 0.276 e. The van der Waals surface area contributed by atoms with Gasteiger partial charge in [-0.25, -0.2) is 0 Å². The summed E-state index contributed by atoms with van der Waals surface area (Å²) in [5.74, 6) is 1.73. The molecule has 1 aliphatic heterocycles. The molecular formula is C17H15ClN2O3S. The van der Waals surface area contributed by atoms with Gasteiger partial charge in [0.2, 0.25) is 0 Å². The average Bonchev–Trinajstić information content (AvgIpc) is 3.10. The number of nitrogens with one attached hydrogen (secondary N) is 1. The molecule has 24 heavy (non-hydrogen) atoms. The fourth-order valence-electron chi connectivity index (χ4n) is 2.18. The molecule has 0 bridgehead atoms. The molecule has 5 nitrogen and oxygen atoms in total. The van der Waals surface area contributed by atoms with E-state index < -0.39 is 0 Å². The fraction of sp³-hybridized carbons (Fsp3) is 0.176. The van der Waals surface area contributed by atoms with E-state index in [1.807, 2.05) is 13.0 Å². The zero-order valence-electron chi connectivity index (χ0n) is 13.1. The van der Waals surface area contributed by atoms with Gasteiger partial charge in [0.05, 0.1) is 0 Å². The first-order valence-electron chi connectivity index (χ1n) is 7.22. The van der Waals surface area contributed by atoms with Crippen LogP contribution in [0.4, 0.5) is 0 Å². The van der Waals surface area contributed by atoms with Gasteiger partial charge in [0, 0.05) is 18.1 Å². The molecule has 1 aromatic carbocycles. The SMILES string of the molecule is Cc1cc(OCc2ccc(/C=C3/NC(=S)N(C)C3=O)o2)ccc1Cl. The van der Waals surface area contributed by atoms with Gasteiger partial charge < -0.3 is 14.5 Å². The molecule has 1 aromatic heterocycles. The van der Waals surface area contributed by atoms with Crippen LogP contribution in [-0.2, 0) is 11.4 Å². The summed E-state index contributed by atoms with van der Waals surface area (Å²) in [6.45, 7) is 2.20. The number of halogens is 1. The summed E-state index contributed by atoms with van der Waals surface area (Å²) in [6, 6.07) is 9.04. The molecule has 0 spiro atoms. The van der Waals surface area contributed by atoms with Crippen LogP contribution in [0.2, 0.25) is 5.02 Å². The third kappa shape index (κ3) is 3.44. The van der Waals surface area contributed by atoms with Crippen LogP contribution in [-0.4, -0.2) is 23.0 Å². The first kappa shape index (κ1) is 16.5. The number of nitrogens with zero attached hydrogens (tertiary/aromatic N) is 1. The Kier molecular flexibility index (Phi) is 4.59. The van der Waals surface area contributed by atoms with Crippen molar-refractivity contribution in [1.82, 2.24) is 10.2 Å². The van der Waals surface area contributed by atoms with Gasteiger partial charge in [0.15, 0.2) is 5.11 Å². The van der Waals surface area contributed by atoms with Crippen molar-refractivity contribution in [3.63, 3.8) is 0 Å². The number of likely N-dealkylation sites (N-methyl/N-ethyl adjacent to an activating group) is 1. The van der Waals surface area contributed by atoms with Gasteiger partial charge in [-0.3, -0.25) is 9.69 Å². The number of carbonyl (C=O) groups excluding carboxylic acids is 1. The second kappa shape index (κ2) is 6.67. The predicted octanol–water partition coefficient (Wildman–Crippen LogP) is 3.51. The number of thiocarbonyl (C=S) groups is 1. The van der Waals surface area contributed by atoms with Crippen molar-refractivity contribution in [3.05, 3.63) is 58.1 Å². The standard InChI is InChI=1S/C17H15ClN2O3S/c1-10-7-11(5-6-14(10)18)22-9-13-4-3-12(23-13)8-15-16(21)20(2)17(24)19-15/h3-8H,9H2,1-2H3,(H,19,24)/b15-8+. The molecule has 7 heteroatoms. The first-order valence-corrected chi connectivity index (χ1v) is 8.01. The average molecular weight is 363 g/mol. The molecule has 1 saturated heterocycles. The highest BCUT2D eigenvalue weighted by Gasteiger charge is 2.27. The molecule has 0 saturated carbocycles. The van der Waals surface area contributed by atoms with Crippen LogP contribution in [0.5, 0.6) is 5.75 Å². The maximum Gasteiger partial charge on any atom is 0.276 e. The molecule has 1 N–H and O–H groups in total. The lowest BCUT2D eigenvalue weighted by molar-refractivity contribution is -0.121. The Hall–Kier alpha value is -2.31. The summed E-state index contributed by atoms with van der Waals surface area (Å²) in [4.78, 5) is 13.3. The Bertz CT molecular complexity index is 844. The van der Waals surface area contributed by atoms with Gasteiger partial charge in [-0.2, -0.15) is 0 Å². The van der Waals surface area contributed by atoms with Crippen LogP contribution in [0.1, 0.15) is 17.1 Å². The topological polar surface area (TPSA) is 54.7 Å². The lowest BCUT2D eigenvalue weighted by atomic mass is 10.2. The molecule has 2 heterocycles. The summed E-state index contributed by atoms with van der Waals surface area (Å²) in [7, 11) is 1.62. The molecule has 0 atom stereocenters. The van der Waals surface area contributed by atoms with Crippen molar-refractivity contribution < 1.29 is 13.9 Å². The van der Waals surface area contributed by atoms with E-state index in [0.29, 0.717) is 33.1 Å². The minimum Gasteiger partial charge on any atom is -0.486 e. The normalized spacial score (nSPS) is 16.0. The number of carbonyl (C=O) groups is 1. The Labute approximate surface area is 149 Å². The summed E-state index contributed by atoms with van der Waals surface area (Å²) in [6.07, 6.45) is 1.62. The van der Waals surface area contributed by atoms with E-state index in [0.717, 1.165) is 5.56 Å². The van der Waals surface area contributed by atoms with Crippen molar-refractivity contribution in [2.24, 2.45) is 0 Å². The minimum absolute atomic E-state index is 0.189. The molecular weight excluding hydrogens is 348 g/mol. The van der Waals surface area contributed by atoms with Gasteiger partial charge in [-0.15, -0.1) is 0 Å². The Morgan fingerprint density at radius 1 is 1.38 bits per heavy atom. The number of benzene rings is 1. The van der Waals surface area contributed by atoms with E-state index in [1.165, 1.54) is 4.90 Å². The summed E-state index contributed by atoms with van der Waals surface area (Å²) in [5.41, 5.74) is 1.34. The van der Waals surface area contributed by atoms with Crippen molar-refractivity contribution in [1.29, 1.82) is 0 Å². The molecule has 0 unspecified atom stereocenters. The number of hydrogen-bond donors (Lipinski definition) is 1. The van der Waals surface area contributed by atoms with Gasteiger partial charge in [0.25, 0.3) is 5.91 Å². The van der Waals surface area contributed by atoms with Crippen LogP contribution in [0, 0.1) is 6.92 Å². The highest BCUT2D eigenvalue weighted by molar-refractivity contribution is 7.80. The summed E-state index contributed by atoms with van der Waals surface area (Å²) in [5, 5.41) is 3.92. The number of hydrogen-bond acceptors (Lipinski definition) is 4. The zero-order chi connectivity index (χ0) is 17.3. The van der Waals surface area contributed by atoms with E-state index in [-0.39, 0.29) is 12.5 Å². The monoisotopic (exact) mass is 362 g/mol. The maximum atomic E-state index is 11.9. The van der Waals surface area contributed by atoms with E-state index in [9.17, 15) is 4.79 Å². The fourth-order valence-corrected chi connectivity index (χ4v) is 2.49. The van der Waals surface area contributed by atoms with Gasteiger partial charge in [-0.1, -0.05) is 11.6 Å². The predicted molar refractivity (Wildman–Crippen MR) is 95.7 cm³/mol. The molecule has 1 aliphatic rings. The van der Waals surface area contributed by atoms with Gasteiger partial charge in [0.1, 0.15) is 29.6 Å². The maximum absolute atomic E-state index is 11.9. The van der Waals surface area contributed by atoms with Gasteiger partial charge in [-0.05, 0) is 55.0 Å². The summed E-state index contributed by atoms with van der Waals surface area (Å²) < 4.78 is 11.3. The lowest BCUT2D eigenvalue weighted by Crippen LogP contribution is -2.25. The molecule has 0 aliphatic carbocycles. The van der Waals surface area contributed by atoms with Crippen LogP contribution in [0.25, 0.3) is 6.08 Å². The van der Waals surface area contributed by atoms with Crippen molar-refractivity contribution >= 4 is 40.9 Å². The summed E-state index contributed by atoms with van der Waals surface area (Å²) >= 11 is 11.0. The Balaban J connectivity index is 1.67. The molecule has 1 fully saturated rings. The number of amides is 1. The van der Waals surface area contributed by atoms with Crippen LogP contribution >= 0.6 is 23.8 Å². The second-order valence-electron chi connectivity index (χ2n) is 5.36. The quantitative estimate of drug-likeness (QED) is 0.666. The highest BCUT2D eigenvalue weighted by Crippen LogP contribution is 2.22. The lowest BCUT2D eigenvalue weighted by Gasteiger charge is -2.06. The Morgan fingerprint density at radius 3 is 2.83 bits per heavy atom. The molecule has 2 aromatic rings. The number of furan rings is 1. The third-order valence-corrected chi connectivity index (χ3v) is 4.36. The number of ether oxygens (including phenoxy) is 1. The molecule has 1 amide bonds. The van der Waals surface area contributed by atoms with E-state index in [2.05, 4.69) is 5.32 Å². The van der Waals surface area contributed by atoms with Crippen molar-refractivity contribution in [2.75, 3.05) is 7.05 Å². The van der Waals surface area contributed by atoms with Gasteiger partial charge >= 0.3 is 0 Å². The van der Waals surface area contributed by atoms with E-state index >= 15 is 0 Å². The number of rotatable bonds is 4. The zero-order valence-corrected chi connectivity index (χ0v) is 14.7. The molecule has 0 radical (unpaired) electrons. The highest BCUT2D eigenvalue weighted by atomic mass is 35.5. The van der Waals surface area contributed by atoms with Crippen molar-refractivity contribution in [3.8, 4) is 5.75 Å². The minimum atomic E-state index is -0.189. The van der Waals surface area contributed by atoms with E-state index in [1.54, 1.807) is 37.4 Å². The third-order valence-electron chi connectivity index (χ3n) is 3.56. The van der Waals surface area contributed by atoms with Crippen LogP contribution in [0.15, 0.2) is 40.4 Å².